The lowest BCUT2D eigenvalue weighted by molar-refractivity contribution is 0.474. The zero-order valence-electron chi connectivity index (χ0n) is 12.5. The highest BCUT2D eigenvalue weighted by Gasteiger charge is 2.06. The summed E-state index contributed by atoms with van der Waals surface area (Å²) >= 11 is 0. The summed E-state index contributed by atoms with van der Waals surface area (Å²) in [6, 6.07) is 14.9. The minimum atomic E-state index is 0.138. The number of hydrogen-bond acceptors (Lipinski definition) is 3. The van der Waals surface area contributed by atoms with E-state index in [0.29, 0.717) is 11.3 Å². The Bertz CT molecular complexity index is 882. The van der Waals surface area contributed by atoms with Gasteiger partial charge in [0, 0.05) is 11.8 Å². The molecular formula is C19H17NO2. The minimum Gasteiger partial charge on any atom is -0.507 e. The van der Waals surface area contributed by atoms with Gasteiger partial charge in [0.1, 0.15) is 17.2 Å². The molecular weight excluding hydrogens is 274 g/mol. The van der Waals surface area contributed by atoms with Crippen LogP contribution in [-0.2, 0) is 0 Å². The van der Waals surface area contributed by atoms with Crippen molar-refractivity contribution in [3.05, 3.63) is 65.2 Å². The van der Waals surface area contributed by atoms with Crippen molar-refractivity contribution in [1.29, 1.82) is 0 Å². The number of fused-ring (bicyclic) bond motifs is 1. The number of phenolic OH excluding ortho intramolecular Hbond substituents is 2. The largest absolute Gasteiger partial charge is 0.507 e. The lowest BCUT2D eigenvalue weighted by Crippen LogP contribution is -1.86. The zero-order chi connectivity index (χ0) is 15.7. The molecule has 0 aliphatic carbocycles. The van der Waals surface area contributed by atoms with Crippen molar-refractivity contribution in [1.82, 2.24) is 0 Å². The molecule has 0 spiro atoms. The van der Waals surface area contributed by atoms with Gasteiger partial charge in [-0.25, -0.2) is 0 Å². The van der Waals surface area contributed by atoms with Crippen molar-refractivity contribution in [2.24, 2.45) is 4.99 Å². The first-order chi connectivity index (χ1) is 10.6. The SMILES string of the molecule is Cc1cc(O)c(N=Cc2c(O)ccc3ccccc23)cc1C. The normalized spacial score (nSPS) is 11.4. The van der Waals surface area contributed by atoms with Crippen LogP contribution in [0, 0.1) is 13.8 Å². The van der Waals surface area contributed by atoms with E-state index in [0.717, 1.165) is 21.9 Å². The van der Waals surface area contributed by atoms with E-state index in [1.54, 1.807) is 18.3 Å². The van der Waals surface area contributed by atoms with E-state index in [2.05, 4.69) is 4.99 Å². The zero-order valence-corrected chi connectivity index (χ0v) is 12.5. The molecule has 3 aromatic carbocycles. The van der Waals surface area contributed by atoms with Crippen LogP contribution in [0.25, 0.3) is 10.8 Å². The minimum absolute atomic E-state index is 0.138. The first-order valence-corrected chi connectivity index (χ1v) is 7.11. The molecule has 110 valence electrons. The topological polar surface area (TPSA) is 52.8 Å². The van der Waals surface area contributed by atoms with Crippen LogP contribution < -0.4 is 0 Å². The molecule has 2 N–H and O–H groups in total. The first kappa shape index (κ1) is 14.1. The van der Waals surface area contributed by atoms with Crippen LogP contribution in [0.1, 0.15) is 16.7 Å². The molecule has 0 unspecified atom stereocenters. The molecule has 0 bridgehead atoms. The smallest absolute Gasteiger partial charge is 0.141 e. The van der Waals surface area contributed by atoms with Crippen molar-refractivity contribution in [2.75, 3.05) is 0 Å². The lowest BCUT2D eigenvalue weighted by atomic mass is 10.0. The van der Waals surface area contributed by atoms with E-state index >= 15 is 0 Å². The van der Waals surface area contributed by atoms with Crippen LogP contribution in [0.3, 0.4) is 0 Å². The molecule has 22 heavy (non-hydrogen) atoms. The molecule has 3 nitrogen and oxygen atoms in total. The van der Waals surface area contributed by atoms with E-state index < -0.39 is 0 Å². The number of aromatic hydroxyl groups is 2. The second-order valence-corrected chi connectivity index (χ2v) is 5.40. The Morgan fingerprint density at radius 1 is 0.864 bits per heavy atom. The lowest BCUT2D eigenvalue weighted by Gasteiger charge is -2.06. The third-order valence-electron chi connectivity index (χ3n) is 3.87. The van der Waals surface area contributed by atoms with Gasteiger partial charge in [0.2, 0.25) is 0 Å². The highest BCUT2D eigenvalue weighted by Crippen LogP contribution is 2.31. The molecule has 3 heteroatoms. The van der Waals surface area contributed by atoms with E-state index in [4.69, 9.17) is 0 Å². The Kier molecular flexibility index (Phi) is 3.55. The summed E-state index contributed by atoms with van der Waals surface area (Å²) in [5.41, 5.74) is 3.22. The van der Waals surface area contributed by atoms with Crippen LogP contribution in [0.5, 0.6) is 11.5 Å². The predicted octanol–water partition coefficient (Wildman–Crippen LogP) is 4.62. The van der Waals surface area contributed by atoms with Gasteiger partial charge in [-0.05, 0) is 53.9 Å². The maximum Gasteiger partial charge on any atom is 0.141 e. The second-order valence-electron chi connectivity index (χ2n) is 5.40. The molecule has 0 aliphatic rings. The summed E-state index contributed by atoms with van der Waals surface area (Å²) in [6.07, 6.45) is 1.60. The number of phenols is 2. The van der Waals surface area contributed by atoms with E-state index in [-0.39, 0.29) is 11.5 Å². The Balaban J connectivity index is 2.10. The van der Waals surface area contributed by atoms with Crippen LogP contribution in [-0.4, -0.2) is 16.4 Å². The van der Waals surface area contributed by atoms with Crippen LogP contribution in [0.15, 0.2) is 53.5 Å². The van der Waals surface area contributed by atoms with Crippen LogP contribution in [0.2, 0.25) is 0 Å². The third kappa shape index (κ3) is 2.53. The Hall–Kier alpha value is -2.81. The third-order valence-corrected chi connectivity index (χ3v) is 3.87. The van der Waals surface area contributed by atoms with Crippen LogP contribution >= 0.6 is 0 Å². The van der Waals surface area contributed by atoms with Crippen LogP contribution in [0.4, 0.5) is 5.69 Å². The second kappa shape index (κ2) is 5.53. The fourth-order valence-corrected chi connectivity index (χ4v) is 2.44. The highest BCUT2D eigenvalue weighted by molar-refractivity contribution is 6.03. The number of hydrogen-bond donors (Lipinski definition) is 2. The standard InChI is InChI=1S/C19H17NO2/c1-12-9-17(19(22)10-13(12)2)20-11-16-15-6-4-3-5-14(15)7-8-18(16)21/h3-11,21-22H,1-2H3. The fraction of sp³-hybridized carbons (Fsp3) is 0.105. The number of rotatable bonds is 2. The molecule has 0 heterocycles. The van der Waals surface area contributed by atoms with Crippen molar-refractivity contribution in [2.45, 2.75) is 13.8 Å². The molecule has 0 saturated heterocycles. The maximum atomic E-state index is 10.1. The number of benzene rings is 3. The summed E-state index contributed by atoms with van der Waals surface area (Å²) in [4.78, 5) is 4.35. The number of aliphatic imine (C=N–C) groups is 1. The molecule has 0 radical (unpaired) electrons. The van der Waals surface area contributed by atoms with E-state index in [9.17, 15) is 10.2 Å². The summed E-state index contributed by atoms with van der Waals surface area (Å²) in [5.74, 6) is 0.310. The van der Waals surface area contributed by atoms with Gasteiger partial charge in [0.15, 0.2) is 0 Å². The average Bonchev–Trinajstić information content (AvgIpc) is 2.51. The molecule has 0 amide bonds. The average molecular weight is 291 g/mol. The predicted molar refractivity (Wildman–Crippen MR) is 90.4 cm³/mol. The van der Waals surface area contributed by atoms with Crippen molar-refractivity contribution >= 4 is 22.7 Å². The fourth-order valence-electron chi connectivity index (χ4n) is 2.44. The van der Waals surface area contributed by atoms with E-state index in [1.807, 2.05) is 50.2 Å². The molecule has 0 aliphatic heterocycles. The molecule has 0 fully saturated rings. The van der Waals surface area contributed by atoms with Gasteiger partial charge in [0.05, 0.1) is 0 Å². The van der Waals surface area contributed by atoms with Crippen molar-refractivity contribution in [3.8, 4) is 11.5 Å². The number of nitrogens with zero attached hydrogens (tertiary/aromatic N) is 1. The van der Waals surface area contributed by atoms with Gasteiger partial charge in [-0.3, -0.25) is 4.99 Å². The maximum absolute atomic E-state index is 10.1. The van der Waals surface area contributed by atoms with Crippen molar-refractivity contribution < 1.29 is 10.2 Å². The Labute approximate surface area is 129 Å². The summed E-state index contributed by atoms with van der Waals surface area (Å²) in [6.45, 7) is 3.92. The summed E-state index contributed by atoms with van der Waals surface area (Å²) in [7, 11) is 0. The molecule has 0 atom stereocenters. The van der Waals surface area contributed by atoms with Crippen molar-refractivity contribution in [3.63, 3.8) is 0 Å². The summed E-state index contributed by atoms with van der Waals surface area (Å²) < 4.78 is 0. The quantitative estimate of drug-likeness (QED) is 0.677. The monoisotopic (exact) mass is 291 g/mol. The van der Waals surface area contributed by atoms with Gasteiger partial charge in [-0.2, -0.15) is 0 Å². The van der Waals surface area contributed by atoms with E-state index in [1.165, 1.54) is 0 Å². The molecule has 3 rings (SSSR count). The highest BCUT2D eigenvalue weighted by atomic mass is 16.3. The molecule has 0 saturated carbocycles. The summed E-state index contributed by atoms with van der Waals surface area (Å²) in [5, 5.41) is 22.1. The van der Waals surface area contributed by atoms with Gasteiger partial charge >= 0.3 is 0 Å². The first-order valence-electron chi connectivity index (χ1n) is 7.11. The van der Waals surface area contributed by atoms with Gasteiger partial charge < -0.3 is 10.2 Å². The Morgan fingerprint density at radius 3 is 2.41 bits per heavy atom. The molecule has 0 aromatic heterocycles. The van der Waals surface area contributed by atoms with Gasteiger partial charge in [-0.1, -0.05) is 30.3 Å². The number of aryl methyl sites for hydroxylation is 2. The van der Waals surface area contributed by atoms with Gasteiger partial charge in [0.25, 0.3) is 0 Å². The Morgan fingerprint density at radius 2 is 1.59 bits per heavy atom. The molecule has 3 aromatic rings. The van der Waals surface area contributed by atoms with Gasteiger partial charge in [-0.15, -0.1) is 0 Å².